The van der Waals surface area contributed by atoms with Crippen molar-refractivity contribution in [2.75, 3.05) is 6.54 Å². The van der Waals surface area contributed by atoms with E-state index in [-0.39, 0.29) is 24.9 Å². The van der Waals surface area contributed by atoms with Gasteiger partial charge in [-0.05, 0) is 31.6 Å². The monoisotopic (exact) mass is 297 g/mol. The lowest BCUT2D eigenvalue weighted by atomic mass is 9.85. The first-order valence-electron chi connectivity index (χ1n) is 7.57. The Morgan fingerprint density at radius 2 is 1.95 bits per heavy atom. The molecule has 0 radical (unpaired) electrons. The van der Waals surface area contributed by atoms with Gasteiger partial charge in [0.1, 0.15) is 6.04 Å². The minimum Gasteiger partial charge on any atom is -0.480 e. The summed E-state index contributed by atoms with van der Waals surface area (Å²) >= 11 is 0. The van der Waals surface area contributed by atoms with Crippen molar-refractivity contribution < 1.29 is 19.5 Å². The van der Waals surface area contributed by atoms with Crippen LogP contribution in [0.15, 0.2) is 0 Å². The molecule has 7 heteroatoms. The van der Waals surface area contributed by atoms with Crippen molar-refractivity contribution in [2.45, 2.75) is 57.0 Å². The molecule has 3 amide bonds. The van der Waals surface area contributed by atoms with Crippen molar-refractivity contribution in [1.82, 2.24) is 10.2 Å². The Hall–Kier alpha value is -1.79. The molecule has 1 heterocycles. The third kappa shape index (κ3) is 3.86. The predicted octanol–water partition coefficient (Wildman–Crippen LogP) is 0.679. The number of hydrogen-bond donors (Lipinski definition) is 3. The number of nitrogens with zero attached hydrogens (tertiary/aromatic N) is 1. The lowest BCUT2D eigenvalue weighted by molar-refractivity contribution is -0.139. The number of carboxylic acids is 1. The topological polar surface area (TPSA) is 113 Å². The van der Waals surface area contributed by atoms with Crippen LogP contribution >= 0.6 is 0 Å². The number of urea groups is 1. The number of nitrogens with two attached hydrogens (primary N) is 1. The van der Waals surface area contributed by atoms with E-state index in [4.69, 9.17) is 10.8 Å². The van der Waals surface area contributed by atoms with Crippen LogP contribution in [0.1, 0.15) is 44.9 Å². The van der Waals surface area contributed by atoms with Crippen LogP contribution in [-0.2, 0) is 9.59 Å². The van der Waals surface area contributed by atoms with Gasteiger partial charge in [0, 0.05) is 19.0 Å². The van der Waals surface area contributed by atoms with Crippen LogP contribution in [-0.4, -0.2) is 46.5 Å². The van der Waals surface area contributed by atoms with E-state index in [1.165, 1.54) is 6.42 Å². The van der Waals surface area contributed by atoms with Gasteiger partial charge in [-0.25, -0.2) is 9.59 Å². The normalized spacial score (nSPS) is 26.0. The molecule has 2 unspecified atom stereocenters. The lowest BCUT2D eigenvalue weighted by Gasteiger charge is -2.32. The van der Waals surface area contributed by atoms with Crippen LogP contribution in [0.4, 0.5) is 4.79 Å². The zero-order valence-electron chi connectivity index (χ0n) is 12.1. The maximum atomic E-state index is 12.3. The third-order valence-corrected chi connectivity index (χ3v) is 4.55. The predicted molar refractivity (Wildman–Crippen MR) is 75.5 cm³/mol. The molecule has 2 rings (SSSR count). The number of hydrogen-bond acceptors (Lipinski definition) is 3. The molecular formula is C14H23N3O4. The first-order chi connectivity index (χ1) is 9.99. The number of amides is 3. The zero-order chi connectivity index (χ0) is 15.4. The summed E-state index contributed by atoms with van der Waals surface area (Å²) in [5.41, 5.74) is 5.03. The van der Waals surface area contributed by atoms with Gasteiger partial charge in [-0.2, -0.15) is 0 Å². The summed E-state index contributed by atoms with van der Waals surface area (Å²) in [5.74, 6) is -1.15. The maximum absolute atomic E-state index is 12.3. The fourth-order valence-corrected chi connectivity index (χ4v) is 3.43. The van der Waals surface area contributed by atoms with E-state index in [1.54, 1.807) is 4.90 Å². The molecule has 0 aromatic carbocycles. The van der Waals surface area contributed by atoms with Gasteiger partial charge in [0.05, 0.1) is 0 Å². The molecule has 21 heavy (non-hydrogen) atoms. The number of rotatable bonds is 5. The number of carbonyl (C=O) groups excluding carboxylic acids is 2. The second kappa shape index (κ2) is 6.78. The van der Waals surface area contributed by atoms with Gasteiger partial charge in [-0.3, -0.25) is 4.79 Å². The molecule has 1 aliphatic carbocycles. The molecule has 0 bridgehead atoms. The molecule has 0 aromatic rings. The SMILES string of the molecule is NC(=O)CC[C@@H](NC(=O)N1CCC2CCCCC21)C(=O)O. The summed E-state index contributed by atoms with van der Waals surface area (Å²) in [6.45, 7) is 0.684. The molecule has 4 N–H and O–H groups in total. The Labute approximate surface area is 123 Å². The summed E-state index contributed by atoms with van der Waals surface area (Å²) < 4.78 is 0. The van der Waals surface area contributed by atoms with Crippen LogP contribution in [0, 0.1) is 5.92 Å². The number of carbonyl (C=O) groups is 3. The third-order valence-electron chi connectivity index (χ3n) is 4.55. The van der Waals surface area contributed by atoms with E-state index in [0.717, 1.165) is 25.7 Å². The molecule has 1 saturated carbocycles. The van der Waals surface area contributed by atoms with Crippen LogP contribution in [0.5, 0.6) is 0 Å². The summed E-state index contributed by atoms with van der Waals surface area (Å²) in [6, 6.07) is -1.15. The van der Waals surface area contributed by atoms with Crippen molar-refractivity contribution in [3.8, 4) is 0 Å². The van der Waals surface area contributed by atoms with E-state index in [0.29, 0.717) is 12.5 Å². The Morgan fingerprint density at radius 1 is 1.24 bits per heavy atom. The van der Waals surface area contributed by atoms with E-state index in [1.807, 2.05) is 0 Å². The fraction of sp³-hybridized carbons (Fsp3) is 0.786. The zero-order valence-corrected chi connectivity index (χ0v) is 12.1. The van der Waals surface area contributed by atoms with Crippen molar-refractivity contribution in [3.05, 3.63) is 0 Å². The van der Waals surface area contributed by atoms with Gasteiger partial charge >= 0.3 is 12.0 Å². The molecule has 3 atom stereocenters. The average Bonchev–Trinajstić information content (AvgIpc) is 2.86. The molecule has 0 spiro atoms. The van der Waals surface area contributed by atoms with Crippen molar-refractivity contribution in [3.63, 3.8) is 0 Å². The first-order valence-corrected chi connectivity index (χ1v) is 7.57. The van der Waals surface area contributed by atoms with Gasteiger partial charge < -0.3 is 21.1 Å². The van der Waals surface area contributed by atoms with Gasteiger partial charge in [-0.1, -0.05) is 12.8 Å². The van der Waals surface area contributed by atoms with Crippen molar-refractivity contribution in [2.24, 2.45) is 11.7 Å². The van der Waals surface area contributed by atoms with Crippen LogP contribution < -0.4 is 11.1 Å². The first kappa shape index (κ1) is 15.6. The number of nitrogens with one attached hydrogen (secondary N) is 1. The molecule has 7 nitrogen and oxygen atoms in total. The number of likely N-dealkylation sites (tertiary alicyclic amines) is 1. The lowest BCUT2D eigenvalue weighted by Crippen LogP contribution is -2.50. The van der Waals surface area contributed by atoms with E-state index in [9.17, 15) is 14.4 Å². The number of carboxylic acid groups (broad SMARTS) is 1. The minimum absolute atomic E-state index is 0.0261. The molecule has 1 aliphatic heterocycles. The fourth-order valence-electron chi connectivity index (χ4n) is 3.43. The highest BCUT2D eigenvalue weighted by molar-refractivity contribution is 5.83. The van der Waals surface area contributed by atoms with Crippen molar-refractivity contribution in [1.29, 1.82) is 0 Å². The molecule has 2 fully saturated rings. The van der Waals surface area contributed by atoms with E-state index >= 15 is 0 Å². The van der Waals surface area contributed by atoms with Gasteiger partial charge in [-0.15, -0.1) is 0 Å². The summed E-state index contributed by atoms with van der Waals surface area (Å²) in [6.07, 6.45) is 5.45. The average molecular weight is 297 g/mol. The highest BCUT2D eigenvalue weighted by Crippen LogP contribution is 2.36. The second-order valence-electron chi connectivity index (χ2n) is 5.94. The van der Waals surface area contributed by atoms with E-state index in [2.05, 4.69) is 5.32 Å². The molecule has 118 valence electrons. The number of fused-ring (bicyclic) bond motifs is 1. The minimum atomic E-state index is -1.14. The summed E-state index contributed by atoms with van der Waals surface area (Å²) in [7, 11) is 0. The van der Waals surface area contributed by atoms with Crippen LogP contribution in [0.25, 0.3) is 0 Å². The maximum Gasteiger partial charge on any atom is 0.326 e. The number of primary amides is 1. The largest absolute Gasteiger partial charge is 0.480 e. The Morgan fingerprint density at radius 3 is 2.62 bits per heavy atom. The smallest absolute Gasteiger partial charge is 0.326 e. The summed E-state index contributed by atoms with van der Waals surface area (Å²) in [5, 5.41) is 11.7. The standard InChI is InChI=1S/C14H23N3O4/c15-12(18)6-5-10(13(19)20)16-14(21)17-8-7-9-3-1-2-4-11(9)17/h9-11H,1-8H2,(H2,15,18)(H,16,21)(H,19,20)/t9?,10-,11?/m1/s1. The Balaban J connectivity index is 1.92. The summed E-state index contributed by atoms with van der Waals surface area (Å²) in [4.78, 5) is 36.0. The molecule has 1 saturated heterocycles. The van der Waals surface area contributed by atoms with Crippen LogP contribution in [0.2, 0.25) is 0 Å². The Bertz CT molecular complexity index is 426. The van der Waals surface area contributed by atoms with Crippen molar-refractivity contribution >= 4 is 17.9 Å². The second-order valence-corrected chi connectivity index (χ2v) is 5.94. The highest BCUT2D eigenvalue weighted by Gasteiger charge is 2.39. The van der Waals surface area contributed by atoms with Gasteiger partial charge in [0.15, 0.2) is 0 Å². The number of aliphatic carboxylic acids is 1. The molecule has 2 aliphatic rings. The molecule has 0 aromatic heterocycles. The van der Waals surface area contributed by atoms with Crippen LogP contribution in [0.3, 0.4) is 0 Å². The quantitative estimate of drug-likeness (QED) is 0.692. The van der Waals surface area contributed by atoms with E-state index < -0.39 is 17.9 Å². The highest BCUT2D eigenvalue weighted by atomic mass is 16.4. The Kier molecular flexibility index (Phi) is 5.03. The van der Waals surface area contributed by atoms with Gasteiger partial charge in [0.2, 0.25) is 5.91 Å². The molecular weight excluding hydrogens is 274 g/mol. The van der Waals surface area contributed by atoms with Gasteiger partial charge in [0.25, 0.3) is 0 Å².